The first-order chi connectivity index (χ1) is 9.19. The van der Waals surface area contributed by atoms with Gasteiger partial charge < -0.3 is 15.3 Å². The molecule has 2 rings (SSSR count). The molecule has 0 aliphatic rings. The molecule has 0 atom stereocenters. The lowest BCUT2D eigenvalue weighted by molar-refractivity contribution is 0.412. The number of benzene rings is 2. The van der Waals surface area contributed by atoms with Crippen LogP contribution in [0.15, 0.2) is 48.5 Å². The summed E-state index contributed by atoms with van der Waals surface area (Å²) in [6.45, 7) is 1.79. The first kappa shape index (κ1) is 13.5. The summed E-state index contributed by atoms with van der Waals surface area (Å²) >= 11 is 0. The van der Waals surface area contributed by atoms with Crippen LogP contribution in [-0.2, 0) is 13.1 Å². The highest BCUT2D eigenvalue weighted by Crippen LogP contribution is 2.22. The van der Waals surface area contributed by atoms with Crippen molar-refractivity contribution in [1.82, 2.24) is 4.81 Å². The minimum absolute atomic E-state index is 0.678. The topological polar surface area (TPSA) is 38.5 Å². The predicted octanol–water partition coefficient (Wildman–Crippen LogP) is 1.83. The highest BCUT2D eigenvalue weighted by atomic mass is 16.5. The number of anilines is 1. The lowest BCUT2D eigenvalue weighted by atomic mass is 10.1. The Bertz CT molecular complexity index is 531. The van der Waals surface area contributed by atoms with E-state index in [9.17, 15) is 0 Å². The quantitative estimate of drug-likeness (QED) is 0.653. The third-order valence-electron chi connectivity index (χ3n) is 3.05. The van der Waals surface area contributed by atoms with E-state index in [0.29, 0.717) is 5.69 Å². The molecule has 0 saturated heterocycles. The number of methoxy groups -OCH3 is 1. The molecule has 2 aromatic rings. The maximum Gasteiger partial charge on any atom is 0.186 e. The number of hydrogen-bond acceptors (Lipinski definition) is 3. The summed E-state index contributed by atoms with van der Waals surface area (Å²) in [6, 6.07) is 16.4. The van der Waals surface area contributed by atoms with Crippen LogP contribution >= 0.6 is 0 Å². The van der Waals surface area contributed by atoms with Crippen molar-refractivity contribution in [2.45, 2.75) is 13.1 Å². The van der Waals surface area contributed by atoms with E-state index in [0.717, 1.165) is 18.8 Å². The minimum atomic E-state index is 0.678. The fourth-order valence-corrected chi connectivity index (χ4v) is 2.12. The zero-order valence-electron chi connectivity index (χ0n) is 11.5. The van der Waals surface area contributed by atoms with Crippen LogP contribution in [0.2, 0.25) is 0 Å². The maximum atomic E-state index is 5.82. The fourth-order valence-electron chi connectivity index (χ4n) is 2.12. The molecule has 19 heavy (non-hydrogen) atoms. The number of nitrogens with two attached hydrogens (primary N) is 1. The number of nitrogens with zero attached hydrogens (tertiary/aromatic N) is 1. The monoisotopic (exact) mass is 254 g/mol. The van der Waals surface area contributed by atoms with Gasteiger partial charge in [-0.15, -0.1) is 0 Å². The molecule has 0 aliphatic carbocycles. The smallest absolute Gasteiger partial charge is 0.186 e. The van der Waals surface area contributed by atoms with Crippen molar-refractivity contribution in [2.24, 2.45) is 0 Å². The molecule has 0 radical (unpaired) electrons. The van der Waals surface area contributed by atoms with E-state index in [-0.39, 0.29) is 0 Å². The Morgan fingerprint density at radius 1 is 1.05 bits per heavy atom. The van der Waals surface area contributed by atoms with E-state index >= 15 is 0 Å². The van der Waals surface area contributed by atoms with Crippen molar-refractivity contribution in [3.63, 3.8) is 0 Å². The highest BCUT2D eigenvalue weighted by Gasteiger charge is 2.04. The van der Waals surface area contributed by atoms with Gasteiger partial charge in [-0.25, -0.2) is 0 Å². The molecule has 4 heteroatoms. The molecule has 0 saturated carbocycles. The zero-order chi connectivity index (χ0) is 13.7. The number of nitrogen functional groups attached to an aromatic ring is 1. The highest BCUT2D eigenvalue weighted by molar-refractivity contribution is 6.04. The van der Waals surface area contributed by atoms with Gasteiger partial charge >= 0.3 is 0 Å². The molecule has 3 nitrogen and oxygen atoms in total. The van der Waals surface area contributed by atoms with Crippen LogP contribution in [-0.4, -0.2) is 19.9 Å². The largest absolute Gasteiger partial charge is 0.495 e. The summed E-state index contributed by atoms with van der Waals surface area (Å²) < 4.78 is 5.24. The Labute approximate surface area is 115 Å². The van der Waals surface area contributed by atoms with Crippen molar-refractivity contribution in [1.29, 1.82) is 0 Å². The number of rotatable bonds is 5. The van der Waals surface area contributed by atoms with Crippen molar-refractivity contribution in [3.8, 4) is 5.75 Å². The van der Waals surface area contributed by atoms with Crippen LogP contribution in [0.4, 0.5) is 5.69 Å². The molecule has 0 fully saturated rings. The molecule has 0 amide bonds. The Kier molecular flexibility index (Phi) is 4.47. The molecule has 0 aliphatic heterocycles. The van der Waals surface area contributed by atoms with Crippen molar-refractivity contribution in [2.75, 3.05) is 12.8 Å². The van der Waals surface area contributed by atoms with Gasteiger partial charge in [0.05, 0.1) is 12.8 Å². The van der Waals surface area contributed by atoms with Crippen molar-refractivity contribution >= 4 is 13.7 Å². The van der Waals surface area contributed by atoms with Gasteiger partial charge in [-0.1, -0.05) is 36.4 Å². The van der Waals surface area contributed by atoms with Crippen LogP contribution in [0.3, 0.4) is 0 Å². The summed E-state index contributed by atoms with van der Waals surface area (Å²) in [7, 11) is 3.75. The average Bonchev–Trinajstić information content (AvgIpc) is 2.42. The molecular weight excluding hydrogens is 235 g/mol. The van der Waals surface area contributed by atoms with Crippen molar-refractivity contribution < 1.29 is 4.74 Å². The Morgan fingerprint density at radius 2 is 1.74 bits per heavy atom. The van der Waals surface area contributed by atoms with E-state index in [1.807, 2.05) is 24.3 Å². The van der Waals surface area contributed by atoms with Crippen molar-refractivity contribution in [3.05, 3.63) is 59.7 Å². The molecule has 0 aromatic heterocycles. The molecule has 0 bridgehead atoms. The SMILES string of the molecule is BN(Cc1ccccc1)Cc1ccc(N)c(OC)c1. The number of ether oxygens (including phenoxy) is 1. The van der Waals surface area contributed by atoms with Gasteiger partial charge in [-0.05, 0) is 23.3 Å². The third-order valence-corrected chi connectivity index (χ3v) is 3.05. The molecule has 0 heterocycles. The first-order valence-corrected chi connectivity index (χ1v) is 6.34. The normalized spacial score (nSPS) is 10.6. The van der Waals surface area contributed by atoms with E-state index in [1.54, 1.807) is 7.11 Å². The first-order valence-electron chi connectivity index (χ1n) is 6.34. The van der Waals surface area contributed by atoms with Crippen LogP contribution in [0.1, 0.15) is 11.1 Å². The summed E-state index contributed by atoms with van der Waals surface area (Å²) in [5.74, 6) is 0.741. The number of hydrogen-bond donors (Lipinski definition) is 1. The molecule has 2 aromatic carbocycles. The van der Waals surface area contributed by atoms with E-state index in [2.05, 4.69) is 37.1 Å². The van der Waals surface area contributed by atoms with Gasteiger partial charge in [-0.3, -0.25) is 0 Å². The lowest BCUT2D eigenvalue weighted by Gasteiger charge is -2.18. The Morgan fingerprint density at radius 3 is 2.42 bits per heavy atom. The summed E-state index contributed by atoms with van der Waals surface area (Å²) in [6.07, 6.45) is 0. The fraction of sp³-hybridized carbons (Fsp3) is 0.200. The average molecular weight is 254 g/mol. The third kappa shape index (κ3) is 3.76. The second-order valence-corrected chi connectivity index (χ2v) is 4.73. The molecule has 0 spiro atoms. The van der Waals surface area contributed by atoms with Gasteiger partial charge in [0.25, 0.3) is 0 Å². The van der Waals surface area contributed by atoms with E-state index in [4.69, 9.17) is 10.5 Å². The van der Waals surface area contributed by atoms with E-state index < -0.39 is 0 Å². The van der Waals surface area contributed by atoms with Crippen LogP contribution < -0.4 is 10.5 Å². The second-order valence-electron chi connectivity index (χ2n) is 4.73. The minimum Gasteiger partial charge on any atom is -0.495 e. The second kappa shape index (κ2) is 6.30. The lowest BCUT2D eigenvalue weighted by Crippen LogP contribution is -2.19. The van der Waals surface area contributed by atoms with Gasteiger partial charge in [0.1, 0.15) is 5.75 Å². The maximum absolute atomic E-state index is 5.82. The van der Waals surface area contributed by atoms with Gasteiger partial charge in [-0.2, -0.15) is 0 Å². The Hall–Kier alpha value is -1.94. The van der Waals surface area contributed by atoms with Crippen LogP contribution in [0.5, 0.6) is 5.75 Å². The summed E-state index contributed by atoms with van der Waals surface area (Å²) in [5.41, 5.74) is 9.00. The van der Waals surface area contributed by atoms with Gasteiger partial charge in [0.15, 0.2) is 7.98 Å². The summed E-state index contributed by atoms with van der Waals surface area (Å²) in [4.78, 5) is 2.26. The molecular formula is C15H19BN2O. The van der Waals surface area contributed by atoms with Gasteiger partial charge in [0, 0.05) is 13.1 Å². The molecule has 0 unspecified atom stereocenters. The van der Waals surface area contributed by atoms with Crippen LogP contribution in [0.25, 0.3) is 0 Å². The molecule has 98 valence electrons. The zero-order valence-corrected chi connectivity index (χ0v) is 11.5. The molecule has 2 N–H and O–H groups in total. The predicted molar refractivity (Wildman–Crippen MR) is 81.6 cm³/mol. The Balaban J connectivity index is 2.01. The summed E-state index contributed by atoms with van der Waals surface area (Å²) in [5, 5.41) is 0. The van der Waals surface area contributed by atoms with Crippen LogP contribution in [0, 0.1) is 0 Å². The van der Waals surface area contributed by atoms with Gasteiger partial charge in [0.2, 0.25) is 0 Å². The van der Waals surface area contributed by atoms with E-state index in [1.165, 1.54) is 11.1 Å². The standard InChI is InChI=1S/C15H19BN2O/c1-19-15-9-13(7-8-14(15)17)11-18(16)10-12-5-3-2-4-6-12/h2-9H,10-11,16-17H2,1H3.